The zero-order chi connectivity index (χ0) is 23.5. The number of allylic oxidation sites excluding steroid dienone is 3. The Bertz CT molecular complexity index is 1310. The van der Waals surface area contributed by atoms with Gasteiger partial charge in [-0.15, -0.1) is 0 Å². The molecule has 0 bridgehead atoms. The molecule has 0 fully saturated rings. The van der Waals surface area contributed by atoms with Crippen molar-refractivity contribution in [2.75, 3.05) is 11.5 Å². The van der Waals surface area contributed by atoms with Crippen LogP contribution in [0.5, 0.6) is 0 Å². The van der Waals surface area contributed by atoms with Gasteiger partial charge >= 0.3 is 0 Å². The molecule has 33 heavy (non-hydrogen) atoms. The number of nitrogens with one attached hydrogen (secondary N) is 1. The van der Waals surface area contributed by atoms with Gasteiger partial charge in [0.15, 0.2) is 11.0 Å². The summed E-state index contributed by atoms with van der Waals surface area (Å²) in [6.45, 7) is 6.41. The molecule has 1 aliphatic rings. The van der Waals surface area contributed by atoms with E-state index < -0.39 is 0 Å². The van der Waals surface area contributed by atoms with E-state index in [4.69, 9.17) is 22.1 Å². The van der Waals surface area contributed by atoms with Gasteiger partial charge in [0.2, 0.25) is 11.9 Å². The average molecular weight is 482 g/mol. The highest BCUT2D eigenvalue weighted by Gasteiger charge is 2.21. The quantitative estimate of drug-likeness (QED) is 0.375. The molecule has 1 amide bonds. The highest BCUT2D eigenvalue weighted by atomic mass is 35.5. The fourth-order valence-corrected chi connectivity index (χ4v) is 4.79. The van der Waals surface area contributed by atoms with Crippen molar-refractivity contribution in [1.82, 2.24) is 20.3 Å². The fourth-order valence-electron chi connectivity index (χ4n) is 3.71. The second-order valence-corrected chi connectivity index (χ2v) is 9.21. The summed E-state index contributed by atoms with van der Waals surface area (Å²) in [7, 11) is 0. The lowest BCUT2D eigenvalue weighted by atomic mass is 9.94. The minimum atomic E-state index is -0.0952. The number of carbonyl (C=O) groups is 1. The number of thioether (sulfide) groups is 1. The maximum atomic E-state index is 11.1. The molecule has 2 heterocycles. The Kier molecular flexibility index (Phi) is 6.97. The van der Waals surface area contributed by atoms with Gasteiger partial charge in [-0.1, -0.05) is 53.2 Å². The van der Waals surface area contributed by atoms with Crippen molar-refractivity contribution in [3.8, 4) is 11.4 Å². The van der Waals surface area contributed by atoms with Gasteiger partial charge in [0.1, 0.15) is 0 Å². The maximum Gasteiger partial charge on any atom is 0.224 e. The first-order chi connectivity index (χ1) is 15.8. The lowest BCUT2D eigenvalue weighted by Crippen LogP contribution is -2.16. The second kappa shape index (κ2) is 9.91. The number of aromatic nitrogens is 3. The van der Waals surface area contributed by atoms with Crippen molar-refractivity contribution in [3.05, 3.63) is 63.8 Å². The first-order valence-electron chi connectivity index (χ1n) is 10.4. The molecule has 3 N–H and O–H groups in total. The van der Waals surface area contributed by atoms with Crippen LogP contribution < -0.4 is 11.1 Å². The molecule has 7 nitrogen and oxygen atoms in total. The molecule has 0 aliphatic carbocycles. The molecule has 1 aromatic heterocycles. The molecule has 170 valence electrons. The molecule has 1 aliphatic heterocycles. The summed E-state index contributed by atoms with van der Waals surface area (Å²) in [6, 6.07) is 7.99. The van der Waals surface area contributed by atoms with Gasteiger partial charge in [-0.2, -0.15) is 9.97 Å². The number of ether oxygens (including phenoxy) is 1. The first-order valence-corrected chi connectivity index (χ1v) is 11.7. The van der Waals surface area contributed by atoms with Crippen LogP contribution in [0.4, 0.5) is 5.95 Å². The molecule has 9 heteroatoms. The summed E-state index contributed by atoms with van der Waals surface area (Å²) < 4.78 is 5.68. The lowest BCUT2D eigenvalue weighted by Gasteiger charge is -2.20. The number of amides is 1. The molecule has 0 atom stereocenters. The van der Waals surface area contributed by atoms with Crippen LogP contribution in [0.2, 0.25) is 5.02 Å². The number of hydrogen-bond donors (Lipinski definition) is 2. The van der Waals surface area contributed by atoms with Gasteiger partial charge < -0.3 is 15.8 Å². The second-order valence-electron chi connectivity index (χ2n) is 7.86. The largest absolute Gasteiger partial charge is 0.372 e. The van der Waals surface area contributed by atoms with E-state index >= 15 is 0 Å². The van der Waals surface area contributed by atoms with E-state index in [2.05, 4.69) is 26.3 Å². The molecule has 3 aromatic rings. The van der Waals surface area contributed by atoms with Gasteiger partial charge in [-0.25, -0.2) is 4.98 Å². The minimum absolute atomic E-state index is 0.0952. The van der Waals surface area contributed by atoms with Crippen LogP contribution in [0.25, 0.3) is 22.2 Å². The Hall–Kier alpha value is -2.94. The monoisotopic (exact) mass is 481 g/mol. The third-order valence-corrected chi connectivity index (χ3v) is 6.41. The van der Waals surface area contributed by atoms with E-state index in [9.17, 15) is 4.79 Å². The SMILES string of the molecule is CC(=O)N/C(C)=C/C=C(\C)CSc1nc(N)nc(-c2c(Cl)cc3c4c(cccc24)COC3)n1. The van der Waals surface area contributed by atoms with Crippen molar-refractivity contribution in [2.24, 2.45) is 0 Å². The van der Waals surface area contributed by atoms with Crippen molar-refractivity contribution < 1.29 is 9.53 Å². The van der Waals surface area contributed by atoms with E-state index in [1.54, 1.807) is 0 Å². The molecular weight excluding hydrogens is 458 g/mol. The van der Waals surface area contributed by atoms with E-state index in [1.165, 1.54) is 18.7 Å². The number of benzene rings is 2. The number of nitrogens with zero attached hydrogens (tertiary/aromatic N) is 3. The summed E-state index contributed by atoms with van der Waals surface area (Å²) in [4.78, 5) is 24.5. The predicted octanol–water partition coefficient (Wildman–Crippen LogP) is 5.04. The molecule has 0 saturated carbocycles. The normalized spacial score (nSPS) is 13.9. The van der Waals surface area contributed by atoms with Crippen LogP contribution >= 0.6 is 23.4 Å². The highest BCUT2D eigenvalue weighted by molar-refractivity contribution is 7.99. The smallest absolute Gasteiger partial charge is 0.224 e. The van der Waals surface area contributed by atoms with E-state index in [-0.39, 0.29) is 11.9 Å². The third kappa shape index (κ3) is 5.35. The fraction of sp³-hybridized carbons (Fsp3) is 0.250. The Morgan fingerprint density at radius 2 is 1.97 bits per heavy atom. The number of nitrogens with two attached hydrogens (primary N) is 1. The molecule has 2 aromatic carbocycles. The highest BCUT2D eigenvalue weighted by Crippen LogP contribution is 2.39. The van der Waals surface area contributed by atoms with E-state index in [0.29, 0.717) is 35.0 Å². The van der Waals surface area contributed by atoms with E-state index in [0.717, 1.165) is 38.7 Å². The standard InChI is InChI=1S/C24H24ClN5O2S/c1-13(7-8-14(2)27-15(3)31)12-33-24-29-22(28-23(26)30-24)21-18-6-4-5-16-10-32-11-17(20(16)18)9-19(21)25/h4-9H,10-12H2,1-3H3,(H,27,31)(H2,26,28,29,30)/b13-7+,14-8+. The first kappa shape index (κ1) is 23.2. The Balaban J connectivity index is 1.64. The summed E-state index contributed by atoms with van der Waals surface area (Å²) in [5, 5.41) is 5.93. The molecular formula is C24H24ClN5O2S. The number of anilines is 1. The molecule has 0 spiro atoms. The Morgan fingerprint density at radius 1 is 1.18 bits per heavy atom. The molecule has 0 unspecified atom stereocenters. The van der Waals surface area contributed by atoms with Crippen LogP contribution in [0.15, 0.2) is 52.8 Å². The number of nitrogen functional groups attached to an aromatic ring is 1. The van der Waals surface area contributed by atoms with Gasteiger partial charge in [-0.3, -0.25) is 4.79 Å². The van der Waals surface area contributed by atoms with Gasteiger partial charge in [-0.05, 0) is 47.9 Å². The summed E-state index contributed by atoms with van der Waals surface area (Å²) in [5.74, 6) is 1.16. The third-order valence-electron chi connectivity index (χ3n) is 5.07. The van der Waals surface area contributed by atoms with Crippen molar-refractivity contribution >= 4 is 46.0 Å². The maximum absolute atomic E-state index is 11.1. The minimum Gasteiger partial charge on any atom is -0.372 e. The number of carbonyl (C=O) groups excluding carboxylic acids is 1. The van der Waals surface area contributed by atoms with Crippen LogP contribution in [-0.4, -0.2) is 26.6 Å². The van der Waals surface area contributed by atoms with Gasteiger partial charge in [0.25, 0.3) is 0 Å². The van der Waals surface area contributed by atoms with Crippen LogP contribution in [0.1, 0.15) is 31.9 Å². The number of hydrogen-bond acceptors (Lipinski definition) is 7. The summed E-state index contributed by atoms with van der Waals surface area (Å²) in [5.41, 5.74) is 10.8. The average Bonchev–Trinajstić information content (AvgIpc) is 2.76. The lowest BCUT2D eigenvalue weighted by molar-refractivity contribution is -0.118. The molecule has 4 rings (SSSR count). The van der Waals surface area contributed by atoms with Gasteiger partial charge in [0.05, 0.1) is 18.2 Å². The van der Waals surface area contributed by atoms with Crippen molar-refractivity contribution in [2.45, 2.75) is 39.1 Å². The Morgan fingerprint density at radius 3 is 2.76 bits per heavy atom. The Labute approximate surface area is 201 Å². The van der Waals surface area contributed by atoms with Crippen molar-refractivity contribution in [3.63, 3.8) is 0 Å². The summed E-state index contributed by atoms with van der Waals surface area (Å²) in [6.07, 6.45) is 3.82. The topological polar surface area (TPSA) is 103 Å². The zero-order valence-electron chi connectivity index (χ0n) is 18.6. The number of halogens is 1. The van der Waals surface area contributed by atoms with Crippen LogP contribution in [0.3, 0.4) is 0 Å². The zero-order valence-corrected chi connectivity index (χ0v) is 20.2. The van der Waals surface area contributed by atoms with Crippen LogP contribution in [-0.2, 0) is 22.7 Å². The predicted molar refractivity (Wildman–Crippen MR) is 133 cm³/mol. The number of rotatable bonds is 6. The van der Waals surface area contributed by atoms with E-state index in [1.807, 2.05) is 44.2 Å². The summed E-state index contributed by atoms with van der Waals surface area (Å²) >= 11 is 8.15. The molecule has 0 saturated heterocycles. The van der Waals surface area contributed by atoms with Gasteiger partial charge in [0, 0.05) is 23.9 Å². The van der Waals surface area contributed by atoms with Crippen LogP contribution in [0, 0.1) is 0 Å². The van der Waals surface area contributed by atoms with Crippen molar-refractivity contribution in [1.29, 1.82) is 0 Å². The molecule has 0 radical (unpaired) electrons.